The SMILES string of the molecule is CNCCCc1c(C)c2cccc(Cl)c2n1C. The summed E-state index contributed by atoms with van der Waals surface area (Å²) in [4.78, 5) is 0. The maximum atomic E-state index is 6.28. The van der Waals surface area contributed by atoms with Crippen LogP contribution < -0.4 is 5.32 Å². The molecule has 0 saturated carbocycles. The van der Waals surface area contributed by atoms with E-state index in [1.54, 1.807) is 0 Å². The minimum absolute atomic E-state index is 0.841. The van der Waals surface area contributed by atoms with Gasteiger partial charge in [0, 0.05) is 18.1 Å². The molecular weight excluding hydrogens is 232 g/mol. The minimum atomic E-state index is 0.841. The predicted octanol–water partition coefficient (Wildman–Crippen LogP) is 3.29. The molecule has 1 heterocycles. The summed E-state index contributed by atoms with van der Waals surface area (Å²) in [7, 11) is 4.10. The van der Waals surface area contributed by atoms with E-state index < -0.39 is 0 Å². The van der Waals surface area contributed by atoms with Crippen molar-refractivity contribution in [1.82, 2.24) is 9.88 Å². The van der Waals surface area contributed by atoms with Crippen LogP contribution in [0.1, 0.15) is 17.7 Å². The van der Waals surface area contributed by atoms with Crippen molar-refractivity contribution in [3.8, 4) is 0 Å². The number of aromatic nitrogens is 1. The zero-order valence-corrected chi connectivity index (χ0v) is 11.4. The number of nitrogens with zero attached hydrogens (tertiary/aromatic N) is 1. The molecular formula is C14H19ClN2. The van der Waals surface area contributed by atoms with E-state index in [0.717, 1.165) is 29.9 Å². The Hall–Kier alpha value is -0.990. The molecule has 2 aromatic rings. The predicted molar refractivity (Wildman–Crippen MR) is 74.9 cm³/mol. The second kappa shape index (κ2) is 5.11. The van der Waals surface area contributed by atoms with Crippen LogP contribution in [-0.4, -0.2) is 18.2 Å². The summed E-state index contributed by atoms with van der Waals surface area (Å²) in [5, 5.41) is 5.30. The second-order valence-corrected chi connectivity index (χ2v) is 4.88. The first-order valence-corrected chi connectivity index (χ1v) is 6.41. The lowest BCUT2D eigenvalue weighted by molar-refractivity contribution is 0.696. The first kappa shape index (κ1) is 12.5. The van der Waals surface area contributed by atoms with Gasteiger partial charge in [-0.25, -0.2) is 0 Å². The number of nitrogens with one attached hydrogen (secondary N) is 1. The molecule has 0 atom stereocenters. The van der Waals surface area contributed by atoms with Crippen LogP contribution >= 0.6 is 11.6 Å². The fourth-order valence-corrected chi connectivity index (χ4v) is 2.79. The van der Waals surface area contributed by atoms with Crippen molar-refractivity contribution in [3.05, 3.63) is 34.5 Å². The average Bonchev–Trinajstić information content (AvgIpc) is 2.55. The monoisotopic (exact) mass is 250 g/mol. The first-order valence-electron chi connectivity index (χ1n) is 6.03. The van der Waals surface area contributed by atoms with Gasteiger partial charge in [-0.05, 0) is 45.0 Å². The molecule has 0 unspecified atom stereocenters. The van der Waals surface area contributed by atoms with Crippen molar-refractivity contribution in [2.45, 2.75) is 19.8 Å². The Balaban J connectivity index is 2.46. The Bertz CT molecular complexity index is 528. The summed E-state index contributed by atoms with van der Waals surface area (Å²) in [6.07, 6.45) is 2.24. The van der Waals surface area contributed by atoms with Crippen LogP contribution in [0.3, 0.4) is 0 Å². The van der Waals surface area contributed by atoms with Gasteiger partial charge in [0.2, 0.25) is 0 Å². The normalized spacial score (nSPS) is 11.3. The van der Waals surface area contributed by atoms with Gasteiger partial charge in [-0.2, -0.15) is 0 Å². The Morgan fingerprint density at radius 2 is 2.12 bits per heavy atom. The van der Waals surface area contributed by atoms with Crippen molar-refractivity contribution in [3.63, 3.8) is 0 Å². The molecule has 0 aliphatic heterocycles. The van der Waals surface area contributed by atoms with Crippen molar-refractivity contribution < 1.29 is 0 Å². The van der Waals surface area contributed by atoms with E-state index in [1.165, 1.54) is 16.6 Å². The van der Waals surface area contributed by atoms with Gasteiger partial charge in [-0.1, -0.05) is 23.7 Å². The quantitative estimate of drug-likeness (QED) is 0.824. The number of benzene rings is 1. The van der Waals surface area contributed by atoms with Crippen molar-refractivity contribution in [2.75, 3.05) is 13.6 Å². The van der Waals surface area contributed by atoms with Gasteiger partial charge < -0.3 is 9.88 Å². The number of halogens is 1. The molecule has 1 aromatic carbocycles. The molecule has 3 heteroatoms. The molecule has 17 heavy (non-hydrogen) atoms. The molecule has 0 saturated heterocycles. The van der Waals surface area contributed by atoms with Gasteiger partial charge in [0.15, 0.2) is 0 Å². The summed E-state index contributed by atoms with van der Waals surface area (Å²) in [6.45, 7) is 3.24. The number of para-hydroxylation sites is 1. The molecule has 0 radical (unpaired) electrons. The van der Waals surface area contributed by atoms with E-state index in [1.807, 2.05) is 19.2 Å². The lowest BCUT2D eigenvalue weighted by atomic mass is 10.1. The molecule has 1 N–H and O–H groups in total. The molecule has 92 valence electrons. The standard InChI is InChI=1S/C14H19ClN2/c1-10-11-6-4-7-12(15)14(11)17(3)13(10)8-5-9-16-2/h4,6-7,16H,5,8-9H2,1-3H3. The van der Waals surface area contributed by atoms with E-state index in [0.29, 0.717) is 0 Å². The van der Waals surface area contributed by atoms with E-state index in [2.05, 4.69) is 29.9 Å². The molecule has 0 spiro atoms. The number of hydrogen-bond donors (Lipinski definition) is 1. The summed E-state index contributed by atoms with van der Waals surface area (Å²) in [5.74, 6) is 0. The summed E-state index contributed by atoms with van der Waals surface area (Å²) in [6, 6.07) is 6.13. The Morgan fingerprint density at radius 3 is 2.76 bits per heavy atom. The topological polar surface area (TPSA) is 17.0 Å². The van der Waals surface area contributed by atoms with Gasteiger partial charge in [-0.15, -0.1) is 0 Å². The fraction of sp³-hybridized carbons (Fsp3) is 0.429. The third kappa shape index (κ3) is 2.20. The molecule has 1 aromatic heterocycles. The Kier molecular flexibility index (Phi) is 3.75. The molecule has 0 fully saturated rings. The van der Waals surface area contributed by atoms with Gasteiger partial charge in [-0.3, -0.25) is 0 Å². The molecule has 0 bridgehead atoms. The van der Waals surface area contributed by atoms with E-state index in [-0.39, 0.29) is 0 Å². The first-order chi connectivity index (χ1) is 8.16. The van der Waals surface area contributed by atoms with Crippen LogP contribution in [0.5, 0.6) is 0 Å². The highest BCUT2D eigenvalue weighted by molar-refractivity contribution is 6.35. The van der Waals surface area contributed by atoms with Crippen molar-refractivity contribution in [2.24, 2.45) is 7.05 Å². The third-order valence-electron chi connectivity index (χ3n) is 3.40. The van der Waals surface area contributed by atoms with Crippen molar-refractivity contribution >= 4 is 22.5 Å². The lowest BCUT2D eigenvalue weighted by Crippen LogP contribution is -2.09. The van der Waals surface area contributed by atoms with Crippen LogP contribution in [0.4, 0.5) is 0 Å². The van der Waals surface area contributed by atoms with Gasteiger partial charge in [0.25, 0.3) is 0 Å². The van der Waals surface area contributed by atoms with E-state index in [4.69, 9.17) is 11.6 Å². The lowest BCUT2D eigenvalue weighted by Gasteiger charge is -2.06. The smallest absolute Gasteiger partial charge is 0.0672 e. The molecule has 0 amide bonds. The largest absolute Gasteiger partial charge is 0.346 e. The Labute approximate surface area is 108 Å². The second-order valence-electron chi connectivity index (χ2n) is 4.47. The van der Waals surface area contributed by atoms with Crippen molar-refractivity contribution in [1.29, 1.82) is 0 Å². The molecule has 2 nitrogen and oxygen atoms in total. The molecule has 0 aliphatic rings. The number of aryl methyl sites for hydroxylation is 2. The number of hydrogen-bond acceptors (Lipinski definition) is 1. The van der Waals surface area contributed by atoms with E-state index >= 15 is 0 Å². The average molecular weight is 251 g/mol. The fourth-order valence-electron chi connectivity index (χ4n) is 2.49. The Morgan fingerprint density at radius 1 is 1.35 bits per heavy atom. The van der Waals surface area contributed by atoms with Crippen LogP contribution in [0, 0.1) is 6.92 Å². The maximum Gasteiger partial charge on any atom is 0.0672 e. The number of rotatable bonds is 4. The number of fused-ring (bicyclic) bond motifs is 1. The molecule has 2 rings (SSSR count). The highest BCUT2D eigenvalue weighted by Gasteiger charge is 2.12. The summed E-state index contributed by atoms with van der Waals surface area (Å²) in [5.41, 5.74) is 3.91. The molecule has 0 aliphatic carbocycles. The van der Waals surface area contributed by atoms with Gasteiger partial charge in [0.05, 0.1) is 10.5 Å². The van der Waals surface area contributed by atoms with Gasteiger partial charge in [0.1, 0.15) is 0 Å². The van der Waals surface area contributed by atoms with Crippen LogP contribution in [0.2, 0.25) is 5.02 Å². The van der Waals surface area contributed by atoms with Gasteiger partial charge >= 0.3 is 0 Å². The summed E-state index contributed by atoms with van der Waals surface area (Å²) >= 11 is 6.28. The zero-order chi connectivity index (χ0) is 12.4. The third-order valence-corrected chi connectivity index (χ3v) is 3.71. The van der Waals surface area contributed by atoms with Crippen LogP contribution in [0.15, 0.2) is 18.2 Å². The minimum Gasteiger partial charge on any atom is -0.346 e. The van der Waals surface area contributed by atoms with E-state index in [9.17, 15) is 0 Å². The highest BCUT2D eigenvalue weighted by atomic mass is 35.5. The zero-order valence-electron chi connectivity index (χ0n) is 10.7. The maximum absolute atomic E-state index is 6.28. The van der Waals surface area contributed by atoms with Crippen LogP contribution in [-0.2, 0) is 13.5 Å². The summed E-state index contributed by atoms with van der Waals surface area (Å²) < 4.78 is 2.24. The highest BCUT2D eigenvalue weighted by Crippen LogP contribution is 2.30. The van der Waals surface area contributed by atoms with Crippen LogP contribution in [0.25, 0.3) is 10.9 Å².